The molecule has 3 aromatic rings. The van der Waals surface area contributed by atoms with Crippen LogP contribution in [0.4, 0.5) is 0 Å². The molecule has 0 spiro atoms. The van der Waals surface area contributed by atoms with Crippen LogP contribution in [0, 0.1) is 6.92 Å². The molecule has 1 aromatic carbocycles. The monoisotopic (exact) mass is 384 g/mol. The van der Waals surface area contributed by atoms with Gasteiger partial charge in [-0.15, -0.1) is 11.3 Å². The maximum Gasteiger partial charge on any atom is 0.348 e. The van der Waals surface area contributed by atoms with Crippen molar-refractivity contribution in [3.8, 4) is 5.75 Å². The van der Waals surface area contributed by atoms with Crippen molar-refractivity contribution in [1.29, 1.82) is 0 Å². The molecule has 27 heavy (non-hydrogen) atoms. The molecule has 0 aliphatic carbocycles. The van der Waals surface area contributed by atoms with Crippen LogP contribution >= 0.6 is 11.3 Å². The molecule has 0 saturated carbocycles. The second kappa shape index (κ2) is 8.18. The molecule has 2 aromatic heterocycles. The van der Waals surface area contributed by atoms with Gasteiger partial charge >= 0.3 is 5.63 Å². The summed E-state index contributed by atoms with van der Waals surface area (Å²) in [5.74, 6) is 0.579. The van der Waals surface area contributed by atoms with Crippen molar-refractivity contribution in [1.82, 2.24) is 10.3 Å². The number of hydrogen-bond donors (Lipinski definition) is 1. The Morgan fingerprint density at radius 2 is 2.19 bits per heavy atom. The molecule has 0 aliphatic heterocycles. The Bertz CT molecular complexity index is 1050. The number of ether oxygens (including phenoxy) is 1. The molecule has 140 valence electrons. The van der Waals surface area contributed by atoms with Crippen LogP contribution in [0.1, 0.15) is 36.9 Å². The first-order chi connectivity index (χ1) is 13.0. The molecule has 3 rings (SSSR count). The molecule has 1 atom stereocenters. The van der Waals surface area contributed by atoms with Crippen molar-refractivity contribution < 1.29 is 13.9 Å². The topological polar surface area (TPSA) is 81.4 Å². The molecular weight excluding hydrogens is 364 g/mol. The van der Waals surface area contributed by atoms with E-state index in [0.29, 0.717) is 22.6 Å². The van der Waals surface area contributed by atoms with Gasteiger partial charge in [0, 0.05) is 11.6 Å². The molecule has 1 amide bonds. The molecule has 0 bridgehead atoms. The van der Waals surface area contributed by atoms with Gasteiger partial charge < -0.3 is 14.5 Å². The van der Waals surface area contributed by atoms with E-state index in [9.17, 15) is 9.59 Å². The first-order valence-electron chi connectivity index (χ1n) is 8.58. The summed E-state index contributed by atoms with van der Waals surface area (Å²) in [6.07, 6.45) is 3.10. The highest BCUT2D eigenvalue weighted by Crippen LogP contribution is 2.22. The molecular formula is C20H20N2O4S. The van der Waals surface area contributed by atoms with Crippen LogP contribution < -0.4 is 15.7 Å². The van der Waals surface area contributed by atoms with E-state index in [1.54, 1.807) is 13.0 Å². The summed E-state index contributed by atoms with van der Waals surface area (Å²) in [5, 5.41) is 5.12. The van der Waals surface area contributed by atoms with E-state index >= 15 is 0 Å². The van der Waals surface area contributed by atoms with Gasteiger partial charge in [0.15, 0.2) is 0 Å². The summed E-state index contributed by atoms with van der Waals surface area (Å²) >= 11 is 1.38. The number of rotatable bonds is 6. The summed E-state index contributed by atoms with van der Waals surface area (Å²) in [7, 11) is 0. The lowest BCUT2D eigenvalue weighted by Crippen LogP contribution is -2.26. The average molecular weight is 384 g/mol. The summed E-state index contributed by atoms with van der Waals surface area (Å²) in [6, 6.07) is 6.93. The number of para-hydroxylation sites is 1. The Morgan fingerprint density at radius 3 is 2.96 bits per heavy atom. The zero-order chi connectivity index (χ0) is 19.4. The zero-order valence-electron chi connectivity index (χ0n) is 15.3. The Morgan fingerprint density at radius 1 is 1.41 bits per heavy atom. The number of hydrogen-bond acceptors (Lipinski definition) is 6. The first kappa shape index (κ1) is 18.8. The van der Waals surface area contributed by atoms with Crippen LogP contribution in [-0.4, -0.2) is 17.5 Å². The first-order valence-corrected chi connectivity index (χ1v) is 9.46. The predicted molar refractivity (Wildman–Crippen MR) is 106 cm³/mol. The normalized spacial score (nSPS) is 12.4. The third kappa shape index (κ3) is 4.25. The highest BCUT2D eigenvalue weighted by atomic mass is 32.1. The Labute approximate surface area is 160 Å². The van der Waals surface area contributed by atoms with Crippen LogP contribution in [0.15, 0.2) is 44.9 Å². The minimum Gasteiger partial charge on any atom is -0.493 e. The Balaban J connectivity index is 1.74. The van der Waals surface area contributed by atoms with E-state index in [1.807, 2.05) is 43.5 Å². The maximum atomic E-state index is 12.2. The number of aryl methyl sites for hydroxylation is 1. The van der Waals surface area contributed by atoms with E-state index in [4.69, 9.17) is 9.15 Å². The fourth-order valence-electron chi connectivity index (χ4n) is 2.61. The Hall–Kier alpha value is -2.93. The van der Waals surface area contributed by atoms with Crippen LogP contribution in [0.25, 0.3) is 16.3 Å². The number of benzene rings is 1. The summed E-state index contributed by atoms with van der Waals surface area (Å²) in [5.41, 5.74) is 1.22. The highest BCUT2D eigenvalue weighted by Gasteiger charge is 2.16. The standard InChI is InChI=1S/C20H20N2O4S/c1-4-25-15-8-6-5-7-14(15)9-10-16(23)21-13(3)18-22-19-17(20(24)26-18)12(2)11-27-19/h5-11,13H,4H2,1-3H3,(H,21,23)/b10-9+. The SMILES string of the molecule is CCOc1ccccc1/C=C/C(=O)NC(C)c1nc2scc(C)c2c(=O)o1. The van der Waals surface area contributed by atoms with Gasteiger partial charge in [-0.25, -0.2) is 9.78 Å². The van der Waals surface area contributed by atoms with Gasteiger partial charge in [-0.05, 0) is 43.9 Å². The smallest absolute Gasteiger partial charge is 0.348 e. The van der Waals surface area contributed by atoms with Gasteiger partial charge in [0.05, 0.1) is 12.0 Å². The van der Waals surface area contributed by atoms with Crippen molar-refractivity contribution in [2.45, 2.75) is 26.8 Å². The third-order valence-electron chi connectivity index (χ3n) is 3.93. The quantitative estimate of drug-likeness (QED) is 0.653. The van der Waals surface area contributed by atoms with Crippen LogP contribution in [0.5, 0.6) is 5.75 Å². The average Bonchev–Trinajstić information content (AvgIpc) is 3.02. The molecule has 0 radical (unpaired) electrons. The van der Waals surface area contributed by atoms with Gasteiger partial charge in [0.2, 0.25) is 11.8 Å². The van der Waals surface area contributed by atoms with Gasteiger partial charge in [-0.3, -0.25) is 4.79 Å². The lowest BCUT2D eigenvalue weighted by Gasteiger charge is -2.10. The molecule has 7 heteroatoms. The number of carbonyl (C=O) groups is 1. The number of carbonyl (C=O) groups excluding carboxylic acids is 1. The van der Waals surface area contributed by atoms with Crippen molar-refractivity contribution >= 4 is 33.5 Å². The van der Waals surface area contributed by atoms with E-state index in [1.165, 1.54) is 17.4 Å². The zero-order valence-corrected chi connectivity index (χ0v) is 16.1. The lowest BCUT2D eigenvalue weighted by molar-refractivity contribution is -0.117. The minimum absolute atomic E-state index is 0.186. The predicted octanol–water partition coefficient (Wildman–Crippen LogP) is 3.85. The van der Waals surface area contributed by atoms with Crippen LogP contribution in [0.2, 0.25) is 0 Å². The highest BCUT2D eigenvalue weighted by molar-refractivity contribution is 7.16. The molecule has 0 aliphatic rings. The second-order valence-corrected chi connectivity index (χ2v) is 6.83. The molecule has 2 heterocycles. The molecule has 1 unspecified atom stereocenters. The van der Waals surface area contributed by atoms with Crippen molar-refractivity contribution in [2.24, 2.45) is 0 Å². The largest absolute Gasteiger partial charge is 0.493 e. The molecule has 0 fully saturated rings. The minimum atomic E-state index is -0.538. The van der Waals surface area contributed by atoms with E-state index in [2.05, 4.69) is 10.3 Å². The van der Waals surface area contributed by atoms with Gasteiger partial charge in [-0.1, -0.05) is 18.2 Å². The van der Waals surface area contributed by atoms with E-state index < -0.39 is 11.7 Å². The number of fused-ring (bicyclic) bond motifs is 1. The summed E-state index contributed by atoms with van der Waals surface area (Å²) in [6.45, 7) is 6.01. The van der Waals surface area contributed by atoms with Crippen molar-refractivity contribution in [3.05, 3.63) is 63.2 Å². The van der Waals surface area contributed by atoms with E-state index in [-0.39, 0.29) is 11.8 Å². The number of amides is 1. The fourth-order valence-corrected chi connectivity index (χ4v) is 3.52. The molecule has 0 saturated heterocycles. The fraction of sp³-hybridized carbons (Fsp3) is 0.250. The summed E-state index contributed by atoms with van der Waals surface area (Å²) in [4.78, 5) is 29.4. The van der Waals surface area contributed by atoms with Gasteiger partial charge in [0.1, 0.15) is 16.6 Å². The number of nitrogens with one attached hydrogen (secondary N) is 1. The van der Waals surface area contributed by atoms with Gasteiger partial charge in [-0.2, -0.15) is 0 Å². The van der Waals surface area contributed by atoms with Gasteiger partial charge in [0.25, 0.3) is 0 Å². The third-order valence-corrected chi connectivity index (χ3v) is 4.92. The maximum absolute atomic E-state index is 12.2. The second-order valence-electron chi connectivity index (χ2n) is 5.97. The van der Waals surface area contributed by atoms with E-state index in [0.717, 1.165) is 11.1 Å². The lowest BCUT2D eigenvalue weighted by atomic mass is 10.2. The number of nitrogens with zero attached hydrogens (tertiary/aromatic N) is 1. The Kier molecular flexibility index (Phi) is 5.71. The molecule has 6 nitrogen and oxygen atoms in total. The van der Waals surface area contributed by atoms with Crippen molar-refractivity contribution in [2.75, 3.05) is 6.61 Å². The molecule has 1 N–H and O–H groups in total. The van der Waals surface area contributed by atoms with Crippen LogP contribution in [-0.2, 0) is 4.79 Å². The van der Waals surface area contributed by atoms with Crippen LogP contribution in [0.3, 0.4) is 0 Å². The van der Waals surface area contributed by atoms with Crippen molar-refractivity contribution in [3.63, 3.8) is 0 Å². The number of thiophene rings is 1. The summed E-state index contributed by atoms with van der Waals surface area (Å²) < 4.78 is 10.8. The number of aromatic nitrogens is 1.